The van der Waals surface area contributed by atoms with Crippen molar-refractivity contribution in [3.8, 4) is 5.95 Å². The van der Waals surface area contributed by atoms with Gasteiger partial charge in [-0.3, -0.25) is 4.79 Å². The van der Waals surface area contributed by atoms with Crippen molar-refractivity contribution in [1.82, 2.24) is 34.8 Å². The van der Waals surface area contributed by atoms with Crippen LogP contribution in [0.15, 0.2) is 42.0 Å². The molecule has 0 atom stereocenters. The molecule has 8 nitrogen and oxygen atoms in total. The van der Waals surface area contributed by atoms with Crippen molar-refractivity contribution in [2.24, 2.45) is 0 Å². The molecule has 0 unspecified atom stereocenters. The van der Waals surface area contributed by atoms with Crippen LogP contribution in [0.4, 0.5) is 0 Å². The summed E-state index contributed by atoms with van der Waals surface area (Å²) in [5.74, 6) is 0.368. The van der Waals surface area contributed by atoms with Gasteiger partial charge in [0.1, 0.15) is 12.1 Å². The molecule has 1 amide bonds. The summed E-state index contributed by atoms with van der Waals surface area (Å²) in [7, 11) is 0. The molecular weight excluding hydrogens is 402 g/mol. The molecule has 32 heavy (non-hydrogen) atoms. The van der Waals surface area contributed by atoms with Gasteiger partial charge in [0.2, 0.25) is 5.91 Å². The van der Waals surface area contributed by atoms with Crippen LogP contribution in [0.5, 0.6) is 0 Å². The highest BCUT2D eigenvalue weighted by molar-refractivity contribution is 6.04. The fourth-order valence-electron chi connectivity index (χ4n) is 4.47. The van der Waals surface area contributed by atoms with Gasteiger partial charge in [-0.1, -0.05) is 29.8 Å². The fourth-order valence-corrected chi connectivity index (χ4v) is 4.47. The number of benzene rings is 1. The minimum atomic E-state index is -0.0321. The number of allylic oxidation sites excluding steroid dienone is 1. The Morgan fingerprint density at radius 3 is 2.81 bits per heavy atom. The van der Waals surface area contributed by atoms with Crippen molar-refractivity contribution in [2.45, 2.75) is 52.5 Å². The van der Waals surface area contributed by atoms with Gasteiger partial charge in [-0.15, -0.1) is 10.2 Å². The van der Waals surface area contributed by atoms with Crippen LogP contribution in [0.3, 0.4) is 0 Å². The Hall–Kier alpha value is -3.55. The number of aryl methyl sites for hydroxylation is 2. The van der Waals surface area contributed by atoms with Gasteiger partial charge in [-0.2, -0.15) is 10.1 Å². The Morgan fingerprint density at radius 1 is 1.16 bits per heavy atom. The lowest BCUT2D eigenvalue weighted by atomic mass is 9.97. The molecule has 0 saturated carbocycles. The molecule has 1 aromatic carbocycles. The maximum Gasteiger partial charge on any atom is 0.272 e. The van der Waals surface area contributed by atoms with Gasteiger partial charge in [0.25, 0.3) is 5.95 Å². The summed E-state index contributed by atoms with van der Waals surface area (Å²) in [6, 6.07) is 9.86. The van der Waals surface area contributed by atoms with E-state index in [1.165, 1.54) is 18.4 Å². The van der Waals surface area contributed by atoms with Gasteiger partial charge in [-0.05, 0) is 58.1 Å². The van der Waals surface area contributed by atoms with Crippen LogP contribution in [0.1, 0.15) is 43.5 Å². The van der Waals surface area contributed by atoms with Crippen molar-refractivity contribution in [2.75, 3.05) is 6.54 Å². The van der Waals surface area contributed by atoms with E-state index in [4.69, 9.17) is 4.98 Å². The summed E-state index contributed by atoms with van der Waals surface area (Å²) in [6.45, 7) is 4.73. The Labute approximate surface area is 186 Å². The number of amides is 1. The first-order valence-corrected chi connectivity index (χ1v) is 11.2. The number of hydrogen-bond acceptors (Lipinski definition) is 5. The molecule has 0 saturated heterocycles. The Balaban J connectivity index is 1.45. The van der Waals surface area contributed by atoms with E-state index in [0.717, 1.165) is 41.6 Å². The molecule has 1 aliphatic carbocycles. The van der Waals surface area contributed by atoms with Crippen molar-refractivity contribution >= 4 is 28.0 Å². The lowest BCUT2D eigenvalue weighted by molar-refractivity contribution is -0.121. The normalized spacial score (nSPS) is 14.1. The minimum Gasteiger partial charge on any atom is -0.354 e. The van der Waals surface area contributed by atoms with Crippen LogP contribution in [0.2, 0.25) is 0 Å². The lowest BCUT2D eigenvalue weighted by Crippen LogP contribution is -2.28. The molecule has 0 radical (unpaired) electrons. The Bertz CT molecular complexity index is 1330. The Kier molecular flexibility index (Phi) is 5.43. The summed E-state index contributed by atoms with van der Waals surface area (Å²) < 4.78 is 3.60. The average Bonchev–Trinajstić information content (AvgIpc) is 3.30. The van der Waals surface area contributed by atoms with Gasteiger partial charge in [0.05, 0.1) is 11.2 Å². The van der Waals surface area contributed by atoms with E-state index in [9.17, 15) is 4.79 Å². The van der Waals surface area contributed by atoms with E-state index < -0.39 is 0 Å². The summed E-state index contributed by atoms with van der Waals surface area (Å²) in [5, 5.41) is 17.3. The second kappa shape index (κ2) is 8.53. The number of para-hydroxylation sites is 1. The predicted molar refractivity (Wildman–Crippen MR) is 124 cm³/mol. The van der Waals surface area contributed by atoms with Crippen molar-refractivity contribution < 1.29 is 4.79 Å². The van der Waals surface area contributed by atoms with Crippen LogP contribution in [0.25, 0.3) is 28.0 Å². The maximum atomic E-state index is 12.8. The van der Waals surface area contributed by atoms with Gasteiger partial charge in [0, 0.05) is 17.6 Å². The number of carbonyl (C=O) groups is 1. The van der Waals surface area contributed by atoms with Crippen LogP contribution < -0.4 is 5.32 Å². The standard InChI is InChI=1S/C24H27N7O/c1-16-14-17(2)31(29-16)24-26-23-22(27-28-24)19-10-6-7-11-20(19)30(23)15-21(32)25-13-12-18-8-4-3-5-9-18/h6-8,10-11,14H,3-5,9,12-13,15H2,1-2H3,(H,25,32). The number of carbonyl (C=O) groups excluding carboxylic acids is 1. The topological polar surface area (TPSA) is 90.5 Å². The second-order valence-electron chi connectivity index (χ2n) is 8.43. The first kappa shape index (κ1) is 20.4. The predicted octanol–water partition coefficient (Wildman–Crippen LogP) is 3.79. The van der Waals surface area contributed by atoms with Gasteiger partial charge >= 0.3 is 0 Å². The highest BCUT2D eigenvalue weighted by Gasteiger charge is 2.18. The third kappa shape index (κ3) is 3.88. The maximum absolute atomic E-state index is 12.8. The molecule has 5 rings (SSSR count). The van der Waals surface area contributed by atoms with Crippen molar-refractivity contribution in [3.63, 3.8) is 0 Å². The number of rotatable bonds is 6. The zero-order valence-electron chi connectivity index (χ0n) is 18.5. The summed E-state index contributed by atoms with van der Waals surface area (Å²) in [6.07, 6.45) is 8.09. The third-order valence-electron chi connectivity index (χ3n) is 6.02. The molecule has 1 N–H and O–H groups in total. The van der Waals surface area contributed by atoms with Gasteiger partial charge in [-0.25, -0.2) is 4.68 Å². The number of fused-ring (bicyclic) bond motifs is 3. The van der Waals surface area contributed by atoms with Gasteiger partial charge in [0.15, 0.2) is 5.65 Å². The molecule has 3 aromatic heterocycles. The third-order valence-corrected chi connectivity index (χ3v) is 6.02. The van der Waals surface area contributed by atoms with Crippen LogP contribution in [0, 0.1) is 13.8 Å². The molecule has 0 spiro atoms. The van der Waals surface area contributed by atoms with E-state index in [1.54, 1.807) is 4.68 Å². The van der Waals surface area contributed by atoms with Crippen LogP contribution >= 0.6 is 0 Å². The number of nitrogens with one attached hydrogen (secondary N) is 1. The van der Waals surface area contributed by atoms with Crippen LogP contribution in [-0.4, -0.2) is 42.0 Å². The molecule has 0 aliphatic heterocycles. The molecule has 8 heteroatoms. The van der Waals surface area contributed by atoms with Gasteiger partial charge < -0.3 is 9.88 Å². The van der Waals surface area contributed by atoms with E-state index in [2.05, 4.69) is 26.7 Å². The summed E-state index contributed by atoms with van der Waals surface area (Å²) in [5.41, 5.74) is 5.51. The second-order valence-corrected chi connectivity index (χ2v) is 8.43. The zero-order chi connectivity index (χ0) is 22.1. The number of hydrogen-bond donors (Lipinski definition) is 1. The molecule has 3 heterocycles. The molecule has 164 valence electrons. The van der Waals surface area contributed by atoms with Crippen molar-refractivity contribution in [1.29, 1.82) is 0 Å². The lowest BCUT2D eigenvalue weighted by Gasteiger charge is -2.13. The SMILES string of the molecule is Cc1cc(C)n(-c2nnc3c4ccccc4n(CC(=O)NCCC4=CCCCC4)c3n2)n1. The average molecular weight is 430 g/mol. The van der Waals surface area contributed by atoms with E-state index >= 15 is 0 Å². The summed E-state index contributed by atoms with van der Waals surface area (Å²) in [4.78, 5) is 17.6. The highest BCUT2D eigenvalue weighted by atomic mass is 16.1. The monoisotopic (exact) mass is 429 g/mol. The molecule has 1 aliphatic rings. The minimum absolute atomic E-state index is 0.0321. The van der Waals surface area contributed by atoms with E-state index in [0.29, 0.717) is 23.7 Å². The number of aromatic nitrogens is 6. The number of nitrogens with zero attached hydrogens (tertiary/aromatic N) is 6. The fraction of sp³-hybridized carbons (Fsp3) is 0.375. The van der Waals surface area contributed by atoms with Crippen molar-refractivity contribution in [3.05, 3.63) is 53.4 Å². The molecule has 0 bridgehead atoms. The molecular formula is C24H27N7O. The molecule has 4 aromatic rings. The largest absolute Gasteiger partial charge is 0.354 e. The zero-order valence-corrected chi connectivity index (χ0v) is 18.5. The molecule has 0 fully saturated rings. The quantitative estimate of drug-likeness (QED) is 0.471. The smallest absolute Gasteiger partial charge is 0.272 e. The van der Waals surface area contributed by atoms with Crippen LogP contribution in [-0.2, 0) is 11.3 Å². The summed E-state index contributed by atoms with van der Waals surface area (Å²) >= 11 is 0. The van der Waals surface area contributed by atoms with E-state index in [1.807, 2.05) is 48.7 Å². The Morgan fingerprint density at radius 2 is 2.03 bits per heavy atom. The first-order valence-electron chi connectivity index (χ1n) is 11.2. The first-order chi connectivity index (χ1) is 15.6. The highest BCUT2D eigenvalue weighted by Crippen LogP contribution is 2.26. The van der Waals surface area contributed by atoms with E-state index in [-0.39, 0.29) is 12.5 Å².